The first-order valence-corrected chi connectivity index (χ1v) is 8.66. The number of para-hydroxylation sites is 1. The molecule has 1 aromatic rings. The summed E-state index contributed by atoms with van der Waals surface area (Å²) in [4.78, 5) is 6.98. The van der Waals surface area contributed by atoms with Crippen LogP contribution < -0.4 is 10.1 Å². The molecule has 1 saturated heterocycles. The molecule has 1 unspecified atom stereocenters. The highest BCUT2D eigenvalue weighted by Crippen LogP contribution is 2.13. The van der Waals surface area contributed by atoms with Crippen LogP contribution in [0.1, 0.15) is 33.1 Å². The number of benzene rings is 1. The molecule has 0 spiro atoms. The Morgan fingerprint density at radius 2 is 1.96 bits per heavy atom. The smallest absolute Gasteiger partial charge is 0.194 e. The Morgan fingerprint density at radius 3 is 2.54 bits per heavy atom. The lowest BCUT2D eigenvalue weighted by molar-refractivity contribution is 0.107. The second-order valence-corrected chi connectivity index (χ2v) is 5.87. The Kier molecular flexibility index (Phi) is 10.1. The quantitative estimate of drug-likeness (QED) is 0.400. The molecule has 2 N–H and O–H groups in total. The normalized spacial score (nSPS) is 17.1. The van der Waals surface area contributed by atoms with Gasteiger partial charge in [-0.05, 0) is 38.3 Å². The Hall–Kier alpha value is -1.02. The van der Waals surface area contributed by atoms with E-state index in [2.05, 4.69) is 24.1 Å². The summed E-state index contributed by atoms with van der Waals surface area (Å²) in [6, 6.07) is 9.90. The van der Waals surface area contributed by atoms with Crippen molar-refractivity contribution in [2.75, 3.05) is 26.2 Å². The van der Waals surface area contributed by atoms with Crippen molar-refractivity contribution >= 4 is 29.9 Å². The number of nitrogens with zero attached hydrogens (tertiary/aromatic N) is 2. The molecular weight excluding hydrogens is 417 g/mol. The van der Waals surface area contributed by atoms with Crippen molar-refractivity contribution in [3.63, 3.8) is 0 Å². The van der Waals surface area contributed by atoms with Crippen LogP contribution in [0.4, 0.5) is 0 Å². The number of aliphatic hydroxyl groups excluding tert-OH is 1. The number of halogens is 1. The lowest BCUT2D eigenvalue weighted by Crippen LogP contribution is -2.47. The van der Waals surface area contributed by atoms with Crippen LogP contribution in [-0.2, 0) is 0 Å². The van der Waals surface area contributed by atoms with E-state index in [0.717, 1.165) is 50.6 Å². The van der Waals surface area contributed by atoms with Gasteiger partial charge in [0.05, 0.1) is 12.6 Å². The molecule has 0 amide bonds. The predicted molar refractivity (Wildman–Crippen MR) is 109 cm³/mol. The van der Waals surface area contributed by atoms with Crippen LogP contribution in [0.2, 0.25) is 0 Å². The molecule has 136 valence electrons. The Morgan fingerprint density at radius 1 is 1.29 bits per heavy atom. The van der Waals surface area contributed by atoms with Gasteiger partial charge in [-0.1, -0.05) is 25.1 Å². The van der Waals surface area contributed by atoms with E-state index >= 15 is 0 Å². The number of rotatable bonds is 6. The van der Waals surface area contributed by atoms with Gasteiger partial charge in [0.2, 0.25) is 0 Å². The third-order valence-electron chi connectivity index (χ3n) is 4.04. The number of hydrogen-bond acceptors (Lipinski definition) is 3. The van der Waals surface area contributed by atoms with E-state index in [0.29, 0.717) is 6.54 Å². The molecule has 6 heteroatoms. The molecule has 1 fully saturated rings. The summed E-state index contributed by atoms with van der Waals surface area (Å²) < 4.78 is 6.00. The summed E-state index contributed by atoms with van der Waals surface area (Å²) in [5.41, 5.74) is 0. The standard InChI is InChI=1S/C18H29N3O2.HI/c1-3-16(23-17-8-6-5-7-9-17)14-20-18(19-4-2)21-12-10-15(22)11-13-21;/h5-9,15-16,22H,3-4,10-14H2,1-2H3,(H,19,20);1H. The van der Waals surface area contributed by atoms with E-state index in [1.807, 2.05) is 30.3 Å². The SMILES string of the molecule is CCNC(=NCC(CC)Oc1ccccc1)N1CCC(O)CC1.I. The third-order valence-corrected chi connectivity index (χ3v) is 4.04. The molecule has 0 aromatic heterocycles. The summed E-state index contributed by atoms with van der Waals surface area (Å²) in [5, 5.41) is 13.0. The van der Waals surface area contributed by atoms with E-state index in [-0.39, 0.29) is 36.2 Å². The van der Waals surface area contributed by atoms with Gasteiger partial charge in [-0.25, -0.2) is 4.99 Å². The maximum Gasteiger partial charge on any atom is 0.194 e. The fourth-order valence-electron chi connectivity index (χ4n) is 2.63. The highest BCUT2D eigenvalue weighted by Gasteiger charge is 2.20. The number of piperidine rings is 1. The number of guanidine groups is 1. The van der Waals surface area contributed by atoms with Gasteiger partial charge < -0.3 is 20.1 Å². The lowest BCUT2D eigenvalue weighted by atomic mass is 10.1. The summed E-state index contributed by atoms with van der Waals surface area (Å²) in [7, 11) is 0. The monoisotopic (exact) mass is 447 g/mol. The van der Waals surface area contributed by atoms with Crippen molar-refractivity contribution in [1.82, 2.24) is 10.2 Å². The topological polar surface area (TPSA) is 57.1 Å². The molecule has 0 aliphatic carbocycles. The second kappa shape index (κ2) is 11.5. The number of hydrogen-bond donors (Lipinski definition) is 2. The number of nitrogens with one attached hydrogen (secondary N) is 1. The minimum atomic E-state index is -0.168. The molecule has 1 atom stereocenters. The fourth-order valence-corrected chi connectivity index (χ4v) is 2.63. The first-order chi connectivity index (χ1) is 11.2. The molecule has 1 heterocycles. The zero-order chi connectivity index (χ0) is 16.5. The average Bonchev–Trinajstić information content (AvgIpc) is 2.59. The van der Waals surface area contributed by atoms with Gasteiger partial charge in [-0.15, -0.1) is 24.0 Å². The van der Waals surface area contributed by atoms with Gasteiger partial charge in [0.25, 0.3) is 0 Å². The van der Waals surface area contributed by atoms with Gasteiger partial charge in [0, 0.05) is 19.6 Å². The van der Waals surface area contributed by atoms with Crippen molar-refractivity contribution in [1.29, 1.82) is 0 Å². The number of aliphatic hydroxyl groups is 1. The van der Waals surface area contributed by atoms with Crippen LogP contribution in [0.25, 0.3) is 0 Å². The maximum absolute atomic E-state index is 9.65. The van der Waals surface area contributed by atoms with Crippen LogP contribution in [0, 0.1) is 0 Å². The van der Waals surface area contributed by atoms with Crippen molar-refractivity contribution in [3.05, 3.63) is 30.3 Å². The molecular formula is C18H30IN3O2. The summed E-state index contributed by atoms with van der Waals surface area (Å²) >= 11 is 0. The number of ether oxygens (including phenoxy) is 1. The molecule has 0 radical (unpaired) electrons. The molecule has 1 aliphatic rings. The lowest BCUT2D eigenvalue weighted by Gasteiger charge is -2.32. The third kappa shape index (κ3) is 6.84. The fraction of sp³-hybridized carbons (Fsp3) is 0.611. The zero-order valence-corrected chi connectivity index (χ0v) is 17.0. The van der Waals surface area contributed by atoms with Gasteiger partial charge in [-0.2, -0.15) is 0 Å². The minimum Gasteiger partial charge on any atom is -0.489 e. The first-order valence-electron chi connectivity index (χ1n) is 8.66. The number of likely N-dealkylation sites (tertiary alicyclic amines) is 1. The molecule has 24 heavy (non-hydrogen) atoms. The molecule has 2 rings (SSSR count). The van der Waals surface area contributed by atoms with Gasteiger partial charge in [-0.3, -0.25) is 0 Å². The molecule has 1 aliphatic heterocycles. The predicted octanol–water partition coefficient (Wildman–Crippen LogP) is 2.88. The van der Waals surface area contributed by atoms with Crippen LogP contribution in [0.5, 0.6) is 5.75 Å². The Bertz CT molecular complexity index is 476. The summed E-state index contributed by atoms with van der Waals surface area (Å²) in [5.74, 6) is 1.81. The van der Waals surface area contributed by atoms with Gasteiger partial charge in [0.1, 0.15) is 11.9 Å². The average molecular weight is 447 g/mol. The first kappa shape index (κ1) is 21.0. The van der Waals surface area contributed by atoms with E-state index in [4.69, 9.17) is 9.73 Å². The van der Waals surface area contributed by atoms with E-state index in [1.165, 1.54) is 0 Å². The summed E-state index contributed by atoms with van der Waals surface area (Å²) in [6.45, 7) is 7.37. The van der Waals surface area contributed by atoms with Crippen molar-refractivity contribution in [2.45, 2.75) is 45.3 Å². The summed E-state index contributed by atoms with van der Waals surface area (Å²) in [6.07, 6.45) is 2.43. The van der Waals surface area contributed by atoms with E-state index in [9.17, 15) is 5.11 Å². The van der Waals surface area contributed by atoms with Crippen molar-refractivity contribution in [2.24, 2.45) is 4.99 Å². The van der Waals surface area contributed by atoms with Crippen LogP contribution in [0.3, 0.4) is 0 Å². The highest BCUT2D eigenvalue weighted by molar-refractivity contribution is 14.0. The Balaban J connectivity index is 0.00000288. The minimum absolute atomic E-state index is 0. The molecule has 1 aromatic carbocycles. The van der Waals surface area contributed by atoms with Gasteiger partial charge in [0.15, 0.2) is 5.96 Å². The molecule has 5 nitrogen and oxygen atoms in total. The maximum atomic E-state index is 9.65. The molecule has 0 bridgehead atoms. The van der Waals surface area contributed by atoms with Crippen LogP contribution in [0.15, 0.2) is 35.3 Å². The highest BCUT2D eigenvalue weighted by atomic mass is 127. The second-order valence-electron chi connectivity index (χ2n) is 5.87. The van der Waals surface area contributed by atoms with E-state index in [1.54, 1.807) is 0 Å². The zero-order valence-electron chi connectivity index (χ0n) is 14.6. The van der Waals surface area contributed by atoms with Crippen LogP contribution in [-0.4, -0.2) is 54.4 Å². The van der Waals surface area contributed by atoms with Crippen molar-refractivity contribution < 1.29 is 9.84 Å². The van der Waals surface area contributed by atoms with Gasteiger partial charge >= 0.3 is 0 Å². The molecule has 0 saturated carbocycles. The Labute approximate surface area is 162 Å². The largest absolute Gasteiger partial charge is 0.489 e. The number of aliphatic imine (C=N–C) groups is 1. The van der Waals surface area contributed by atoms with Crippen molar-refractivity contribution in [3.8, 4) is 5.75 Å². The van der Waals surface area contributed by atoms with E-state index < -0.39 is 0 Å². The van der Waals surface area contributed by atoms with Crippen LogP contribution >= 0.6 is 24.0 Å².